The summed E-state index contributed by atoms with van der Waals surface area (Å²) in [4.78, 5) is 23.2. The molecular weight excluding hydrogens is 236 g/mol. The summed E-state index contributed by atoms with van der Waals surface area (Å²) in [7, 11) is 1.55. The Morgan fingerprint density at radius 3 is 2.61 bits per heavy atom. The largest absolute Gasteiger partial charge is 0.383 e. The highest BCUT2D eigenvalue weighted by Gasteiger charge is 2.15. The molecule has 0 unspecified atom stereocenters. The van der Waals surface area contributed by atoms with Crippen LogP contribution in [0.2, 0.25) is 0 Å². The number of aryl methyl sites for hydroxylation is 2. The Hall–Kier alpha value is -1.89. The molecule has 1 rings (SSSR count). The highest BCUT2D eigenvalue weighted by molar-refractivity contribution is 5.98. The average Bonchev–Trinajstić information content (AvgIpc) is 2.66. The van der Waals surface area contributed by atoms with Crippen molar-refractivity contribution >= 4 is 11.8 Å². The molecule has 1 aromatic rings. The maximum Gasteiger partial charge on any atom is 0.255 e. The van der Waals surface area contributed by atoms with Gasteiger partial charge in [-0.25, -0.2) is 0 Å². The van der Waals surface area contributed by atoms with Gasteiger partial charge in [0.25, 0.3) is 5.91 Å². The van der Waals surface area contributed by atoms with Gasteiger partial charge in [0.15, 0.2) is 0 Å². The first-order chi connectivity index (χ1) is 8.56. The van der Waals surface area contributed by atoms with Crippen LogP contribution in [0.15, 0.2) is 0 Å². The second-order valence-corrected chi connectivity index (χ2v) is 3.83. The molecule has 0 aromatic carbocycles. The van der Waals surface area contributed by atoms with E-state index in [4.69, 9.17) is 4.74 Å². The number of carbonyl (C=O) groups excluding carboxylic acids is 2. The Morgan fingerprint density at radius 1 is 1.33 bits per heavy atom. The monoisotopic (exact) mass is 254 g/mol. The van der Waals surface area contributed by atoms with Crippen molar-refractivity contribution in [1.82, 2.24) is 20.8 Å². The molecule has 3 N–H and O–H groups in total. The molecule has 0 atom stereocenters. The van der Waals surface area contributed by atoms with Crippen LogP contribution in [0.1, 0.15) is 21.7 Å². The highest BCUT2D eigenvalue weighted by Crippen LogP contribution is 2.08. The van der Waals surface area contributed by atoms with Gasteiger partial charge in [0, 0.05) is 19.3 Å². The number of hydrogen-bond acceptors (Lipinski definition) is 4. The number of nitrogens with one attached hydrogen (secondary N) is 3. The summed E-state index contributed by atoms with van der Waals surface area (Å²) in [5.74, 6) is -0.556. The van der Waals surface area contributed by atoms with E-state index in [0.29, 0.717) is 30.1 Å². The summed E-state index contributed by atoms with van der Waals surface area (Å²) in [6, 6.07) is 0. The molecule has 7 nitrogen and oxygen atoms in total. The van der Waals surface area contributed by atoms with Gasteiger partial charge < -0.3 is 15.4 Å². The van der Waals surface area contributed by atoms with Crippen molar-refractivity contribution in [2.45, 2.75) is 13.8 Å². The van der Waals surface area contributed by atoms with E-state index in [0.717, 1.165) is 0 Å². The number of rotatable bonds is 6. The van der Waals surface area contributed by atoms with Crippen LogP contribution in [-0.2, 0) is 9.53 Å². The van der Waals surface area contributed by atoms with Crippen LogP contribution in [0.4, 0.5) is 0 Å². The summed E-state index contributed by atoms with van der Waals surface area (Å²) in [5, 5.41) is 11.8. The van der Waals surface area contributed by atoms with E-state index in [1.54, 1.807) is 21.0 Å². The Bertz CT molecular complexity index is 408. The number of ether oxygens (including phenoxy) is 1. The van der Waals surface area contributed by atoms with Gasteiger partial charge in [-0.15, -0.1) is 0 Å². The maximum atomic E-state index is 11.8. The molecule has 0 aliphatic carbocycles. The third kappa shape index (κ3) is 3.85. The van der Waals surface area contributed by atoms with Crippen LogP contribution >= 0.6 is 0 Å². The van der Waals surface area contributed by atoms with Crippen molar-refractivity contribution in [1.29, 1.82) is 0 Å². The Kier molecular flexibility index (Phi) is 5.31. The standard InChI is InChI=1S/C11H18N4O3/c1-7-10(8(2)15-14-7)11(17)13-6-9(16)12-4-5-18-3/h4-6H2,1-3H3,(H,12,16)(H,13,17)(H,14,15). The zero-order chi connectivity index (χ0) is 13.5. The Labute approximate surface area is 105 Å². The van der Waals surface area contributed by atoms with Gasteiger partial charge in [-0.1, -0.05) is 0 Å². The molecule has 0 saturated carbocycles. The zero-order valence-electron chi connectivity index (χ0n) is 10.8. The molecule has 100 valence electrons. The third-order valence-electron chi connectivity index (χ3n) is 2.39. The Balaban J connectivity index is 2.40. The number of methoxy groups -OCH3 is 1. The lowest BCUT2D eigenvalue weighted by atomic mass is 10.2. The van der Waals surface area contributed by atoms with Crippen LogP contribution in [0.5, 0.6) is 0 Å². The van der Waals surface area contributed by atoms with Crippen LogP contribution < -0.4 is 10.6 Å². The number of carbonyl (C=O) groups is 2. The van der Waals surface area contributed by atoms with Crippen LogP contribution in [0.3, 0.4) is 0 Å². The molecule has 7 heteroatoms. The summed E-state index contributed by atoms with van der Waals surface area (Å²) < 4.78 is 4.79. The number of H-pyrrole nitrogens is 1. The van der Waals surface area contributed by atoms with Gasteiger partial charge in [0.05, 0.1) is 24.4 Å². The highest BCUT2D eigenvalue weighted by atomic mass is 16.5. The van der Waals surface area contributed by atoms with E-state index in [-0.39, 0.29) is 18.4 Å². The number of hydrogen-bond donors (Lipinski definition) is 3. The molecule has 1 heterocycles. The van der Waals surface area contributed by atoms with Crippen molar-refractivity contribution in [3.05, 3.63) is 17.0 Å². The van der Waals surface area contributed by atoms with Crippen molar-refractivity contribution in [2.24, 2.45) is 0 Å². The first-order valence-electron chi connectivity index (χ1n) is 5.61. The predicted molar refractivity (Wildman–Crippen MR) is 65.3 cm³/mol. The lowest BCUT2D eigenvalue weighted by Gasteiger charge is -2.06. The van der Waals surface area contributed by atoms with E-state index in [9.17, 15) is 9.59 Å². The summed E-state index contributed by atoms with van der Waals surface area (Å²) in [5.41, 5.74) is 1.79. The molecule has 1 aromatic heterocycles. The minimum atomic E-state index is -0.305. The maximum absolute atomic E-state index is 11.8. The smallest absolute Gasteiger partial charge is 0.255 e. The molecule has 0 spiro atoms. The SMILES string of the molecule is COCCNC(=O)CNC(=O)c1c(C)n[nH]c1C. The predicted octanol–water partition coefficient (Wildman–Crippen LogP) is -0.481. The molecular formula is C11H18N4O3. The van der Waals surface area contributed by atoms with Crippen LogP contribution in [0, 0.1) is 13.8 Å². The average molecular weight is 254 g/mol. The van der Waals surface area contributed by atoms with Crippen molar-refractivity contribution in [2.75, 3.05) is 26.8 Å². The van der Waals surface area contributed by atoms with E-state index in [2.05, 4.69) is 20.8 Å². The molecule has 18 heavy (non-hydrogen) atoms. The fourth-order valence-electron chi connectivity index (χ4n) is 1.49. The van der Waals surface area contributed by atoms with Gasteiger partial charge in [-0.2, -0.15) is 5.10 Å². The van der Waals surface area contributed by atoms with E-state index < -0.39 is 0 Å². The fourth-order valence-corrected chi connectivity index (χ4v) is 1.49. The van der Waals surface area contributed by atoms with Gasteiger partial charge in [0.1, 0.15) is 0 Å². The summed E-state index contributed by atoms with van der Waals surface area (Å²) in [6.45, 7) is 4.30. The van der Waals surface area contributed by atoms with Crippen molar-refractivity contribution < 1.29 is 14.3 Å². The molecule has 0 aliphatic rings. The minimum Gasteiger partial charge on any atom is -0.383 e. The van der Waals surface area contributed by atoms with E-state index in [1.165, 1.54) is 0 Å². The minimum absolute atomic E-state index is 0.0629. The van der Waals surface area contributed by atoms with Crippen LogP contribution in [-0.4, -0.2) is 48.8 Å². The third-order valence-corrected chi connectivity index (χ3v) is 2.39. The molecule has 0 fully saturated rings. The van der Waals surface area contributed by atoms with E-state index in [1.807, 2.05) is 0 Å². The van der Waals surface area contributed by atoms with Crippen molar-refractivity contribution in [3.63, 3.8) is 0 Å². The number of nitrogens with zero attached hydrogens (tertiary/aromatic N) is 1. The van der Waals surface area contributed by atoms with Crippen molar-refractivity contribution in [3.8, 4) is 0 Å². The number of aromatic amines is 1. The van der Waals surface area contributed by atoms with Gasteiger partial charge in [-0.05, 0) is 13.8 Å². The molecule has 0 bridgehead atoms. The molecule has 2 amide bonds. The molecule has 0 radical (unpaired) electrons. The Morgan fingerprint density at radius 2 is 2.06 bits per heavy atom. The first-order valence-corrected chi connectivity index (χ1v) is 5.61. The van der Waals surface area contributed by atoms with Gasteiger partial charge in [-0.3, -0.25) is 14.7 Å². The lowest BCUT2D eigenvalue weighted by Crippen LogP contribution is -2.38. The first kappa shape index (κ1) is 14.2. The number of amides is 2. The molecule has 0 saturated heterocycles. The second kappa shape index (κ2) is 6.75. The molecule has 0 aliphatic heterocycles. The quantitative estimate of drug-likeness (QED) is 0.597. The summed E-state index contributed by atoms with van der Waals surface area (Å²) >= 11 is 0. The normalized spacial score (nSPS) is 10.2. The second-order valence-electron chi connectivity index (χ2n) is 3.83. The van der Waals surface area contributed by atoms with E-state index >= 15 is 0 Å². The lowest BCUT2D eigenvalue weighted by molar-refractivity contribution is -0.120. The zero-order valence-corrected chi connectivity index (χ0v) is 10.8. The van der Waals surface area contributed by atoms with Gasteiger partial charge in [0.2, 0.25) is 5.91 Å². The number of aromatic nitrogens is 2. The van der Waals surface area contributed by atoms with Crippen LogP contribution in [0.25, 0.3) is 0 Å². The van der Waals surface area contributed by atoms with Gasteiger partial charge >= 0.3 is 0 Å². The fraction of sp³-hybridized carbons (Fsp3) is 0.545. The summed E-state index contributed by atoms with van der Waals surface area (Å²) in [6.07, 6.45) is 0. The topological polar surface area (TPSA) is 96.1 Å².